The van der Waals surface area contributed by atoms with E-state index < -0.39 is 0 Å². The van der Waals surface area contributed by atoms with E-state index in [1.165, 1.54) is 0 Å². The zero-order chi connectivity index (χ0) is 13.8. The Morgan fingerprint density at radius 1 is 1.32 bits per heavy atom. The van der Waals surface area contributed by atoms with E-state index in [1.807, 2.05) is 0 Å². The lowest BCUT2D eigenvalue weighted by Crippen LogP contribution is -2.29. The summed E-state index contributed by atoms with van der Waals surface area (Å²) in [6.45, 7) is 2.95. The lowest BCUT2D eigenvalue weighted by atomic mass is 10.2. The largest absolute Gasteiger partial charge is 0.362 e. The third-order valence-electron chi connectivity index (χ3n) is 2.50. The average molecular weight is 335 g/mol. The predicted molar refractivity (Wildman–Crippen MR) is 87.1 cm³/mol. The van der Waals surface area contributed by atoms with Gasteiger partial charge in [-0.05, 0) is 24.7 Å². The third kappa shape index (κ3) is 3.45. The molecular weight excluding hydrogens is 323 g/mol. The van der Waals surface area contributed by atoms with Crippen molar-refractivity contribution >= 4 is 68.9 Å². The molecule has 1 aliphatic heterocycles. The second-order valence-corrected chi connectivity index (χ2v) is 5.66. The van der Waals surface area contributed by atoms with Gasteiger partial charge in [0.2, 0.25) is 0 Å². The molecule has 0 atom stereocenters. The molecule has 1 heterocycles. The molecule has 1 aliphatic rings. The quantitative estimate of drug-likeness (QED) is 0.623. The molecule has 0 saturated carbocycles. The molecule has 0 radical (unpaired) electrons. The van der Waals surface area contributed by atoms with Gasteiger partial charge in [0, 0.05) is 6.54 Å². The molecule has 8 heteroatoms. The van der Waals surface area contributed by atoms with Crippen molar-refractivity contribution < 1.29 is 0 Å². The molecular formula is C11H12Cl2N4S2. The molecule has 0 aromatic heterocycles. The Hall–Kier alpha value is -0.690. The summed E-state index contributed by atoms with van der Waals surface area (Å²) in [4.78, 5) is 0. The maximum Gasteiger partial charge on any atom is 0.170 e. The summed E-state index contributed by atoms with van der Waals surface area (Å²) in [5.41, 5.74) is 1.92. The third-order valence-corrected chi connectivity index (χ3v) is 3.86. The summed E-state index contributed by atoms with van der Waals surface area (Å²) in [5.74, 6) is 0. The second-order valence-electron chi connectivity index (χ2n) is 3.91. The highest BCUT2D eigenvalue weighted by atomic mass is 35.5. The zero-order valence-electron chi connectivity index (χ0n) is 10.2. The van der Waals surface area contributed by atoms with E-state index >= 15 is 0 Å². The number of unbranched alkanes of at least 4 members (excludes halogenated alkanes) is 1. The van der Waals surface area contributed by atoms with Gasteiger partial charge in [-0.1, -0.05) is 36.5 Å². The average Bonchev–Trinajstić information content (AvgIpc) is 2.84. The van der Waals surface area contributed by atoms with Crippen molar-refractivity contribution in [2.45, 2.75) is 19.8 Å². The number of thiocarbonyl (C=S) groups is 1. The first-order chi connectivity index (χ1) is 9.13. The van der Waals surface area contributed by atoms with Crippen molar-refractivity contribution in [3.05, 3.63) is 16.1 Å². The second kappa shape index (κ2) is 6.65. The van der Waals surface area contributed by atoms with Gasteiger partial charge >= 0.3 is 0 Å². The van der Waals surface area contributed by atoms with Gasteiger partial charge in [0.15, 0.2) is 5.11 Å². The van der Waals surface area contributed by atoms with E-state index in [1.54, 1.807) is 6.07 Å². The molecule has 0 unspecified atom stereocenters. The van der Waals surface area contributed by atoms with Gasteiger partial charge in [-0.2, -0.15) is 8.73 Å². The van der Waals surface area contributed by atoms with Crippen LogP contribution in [0.15, 0.2) is 14.8 Å². The number of hydrogen-bond acceptors (Lipinski definition) is 3. The molecule has 0 saturated heterocycles. The molecule has 1 aromatic carbocycles. The number of halogens is 2. The summed E-state index contributed by atoms with van der Waals surface area (Å²) in [6, 6.07) is 1.64. The van der Waals surface area contributed by atoms with Crippen molar-refractivity contribution in [2.75, 3.05) is 11.9 Å². The Labute approximate surface area is 130 Å². The highest BCUT2D eigenvalue weighted by Crippen LogP contribution is 2.47. The van der Waals surface area contributed by atoms with E-state index in [4.69, 9.17) is 35.4 Å². The van der Waals surface area contributed by atoms with Crippen LogP contribution in [0.5, 0.6) is 0 Å². The minimum atomic E-state index is 0.477. The van der Waals surface area contributed by atoms with Gasteiger partial charge in [-0.25, -0.2) is 0 Å². The molecule has 102 valence electrons. The zero-order valence-corrected chi connectivity index (χ0v) is 13.3. The first-order valence-corrected chi connectivity index (χ1v) is 7.68. The van der Waals surface area contributed by atoms with Gasteiger partial charge < -0.3 is 10.6 Å². The molecule has 2 rings (SSSR count). The van der Waals surface area contributed by atoms with E-state index in [0.717, 1.165) is 30.7 Å². The number of nitrogens with one attached hydrogen (secondary N) is 2. The number of nitrogens with zero attached hydrogens (tertiary/aromatic N) is 2. The van der Waals surface area contributed by atoms with Gasteiger partial charge in [0.1, 0.15) is 11.4 Å². The highest BCUT2D eigenvalue weighted by Gasteiger charge is 2.19. The fourth-order valence-electron chi connectivity index (χ4n) is 1.53. The Morgan fingerprint density at radius 2 is 2.05 bits per heavy atom. The van der Waals surface area contributed by atoms with Gasteiger partial charge in [0.05, 0.1) is 27.1 Å². The maximum absolute atomic E-state index is 6.17. The SMILES string of the molecule is CCCCNC(=S)Nc1c(Cl)cc(Cl)c2c1N=S=N2. The van der Waals surface area contributed by atoms with Crippen LogP contribution in [0.2, 0.25) is 10.0 Å². The normalized spacial score (nSPS) is 11.9. The fraction of sp³-hybridized carbons (Fsp3) is 0.364. The Morgan fingerprint density at radius 3 is 2.79 bits per heavy atom. The number of fused-ring (bicyclic) bond motifs is 1. The van der Waals surface area contributed by atoms with E-state index in [2.05, 4.69) is 26.3 Å². The van der Waals surface area contributed by atoms with Crippen LogP contribution in [0.3, 0.4) is 0 Å². The van der Waals surface area contributed by atoms with Crippen LogP contribution in [0.4, 0.5) is 17.1 Å². The molecule has 4 nitrogen and oxygen atoms in total. The van der Waals surface area contributed by atoms with Gasteiger partial charge in [-0.3, -0.25) is 0 Å². The van der Waals surface area contributed by atoms with Crippen molar-refractivity contribution in [2.24, 2.45) is 8.73 Å². The fourth-order valence-corrected chi connectivity index (χ4v) is 2.89. The molecule has 0 bridgehead atoms. The van der Waals surface area contributed by atoms with E-state index in [0.29, 0.717) is 32.2 Å². The lowest BCUT2D eigenvalue weighted by molar-refractivity contribution is 0.758. The smallest absolute Gasteiger partial charge is 0.170 e. The molecule has 1 aromatic rings. The Balaban J connectivity index is 2.16. The summed E-state index contributed by atoms with van der Waals surface area (Å²) < 4.78 is 8.34. The maximum atomic E-state index is 6.17. The van der Waals surface area contributed by atoms with Gasteiger partial charge in [0.25, 0.3) is 0 Å². The van der Waals surface area contributed by atoms with Gasteiger partial charge in [-0.15, -0.1) is 0 Å². The lowest BCUT2D eigenvalue weighted by Gasteiger charge is -2.13. The molecule has 0 amide bonds. The first-order valence-electron chi connectivity index (χ1n) is 5.78. The summed E-state index contributed by atoms with van der Waals surface area (Å²) in [5, 5.41) is 7.66. The van der Waals surface area contributed by atoms with Crippen molar-refractivity contribution in [3.8, 4) is 0 Å². The summed E-state index contributed by atoms with van der Waals surface area (Å²) in [6.07, 6.45) is 2.17. The Bertz CT molecular complexity index is 583. The molecule has 0 spiro atoms. The van der Waals surface area contributed by atoms with Crippen LogP contribution in [0.1, 0.15) is 19.8 Å². The minimum absolute atomic E-state index is 0.477. The van der Waals surface area contributed by atoms with Crippen LogP contribution in [-0.2, 0) is 11.4 Å². The minimum Gasteiger partial charge on any atom is -0.362 e. The topological polar surface area (TPSA) is 48.8 Å². The molecule has 0 fully saturated rings. The molecule has 0 aliphatic carbocycles. The van der Waals surface area contributed by atoms with Crippen LogP contribution in [-0.4, -0.2) is 11.7 Å². The summed E-state index contributed by atoms with van der Waals surface area (Å²) >= 11 is 18.5. The number of hydrogen-bond donors (Lipinski definition) is 2. The monoisotopic (exact) mass is 334 g/mol. The van der Waals surface area contributed by atoms with Crippen LogP contribution in [0.25, 0.3) is 0 Å². The number of anilines is 1. The Kier molecular flexibility index (Phi) is 5.15. The first kappa shape index (κ1) is 14.7. The van der Waals surface area contributed by atoms with Crippen LogP contribution < -0.4 is 10.6 Å². The van der Waals surface area contributed by atoms with E-state index in [-0.39, 0.29) is 0 Å². The molecule has 19 heavy (non-hydrogen) atoms. The van der Waals surface area contributed by atoms with Crippen molar-refractivity contribution in [3.63, 3.8) is 0 Å². The standard InChI is InChI=1S/C11H12Cl2N4S2/c1-2-3-4-14-11(18)15-8-6(12)5-7(13)9-10(8)17-19-16-9/h5H,2-4H2,1H3,(H2,14,15,18). The predicted octanol–water partition coefficient (Wildman–Crippen LogP) is 4.81. The molecule has 2 N–H and O–H groups in total. The number of rotatable bonds is 4. The van der Waals surface area contributed by atoms with Crippen molar-refractivity contribution in [1.82, 2.24) is 5.32 Å². The summed E-state index contributed by atoms with van der Waals surface area (Å²) in [7, 11) is 0. The van der Waals surface area contributed by atoms with Crippen LogP contribution in [0, 0.1) is 0 Å². The van der Waals surface area contributed by atoms with E-state index in [9.17, 15) is 0 Å². The van der Waals surface area contributed by atoms with Crippen molar-refractivity contribution in [1.29, 1.82) is 0 Å². The van der Waals surface area contributed by atoms with Crippen LogP contribution >= 0.6 is 35.4 Å². The highest BCUT2D eigenvalue weighted by molar-refractivity contribution is 7.80. The number of benzene rings is 1.